The van der Waals surface area contributed by atoms with Gasteiger partial charge in [-0.2, -0.15) is 0 Å². The average Bonchev–Trinajstić information content (AvgIpc) is 3.25. The lowest BCUT2D eigenvalue weighted by Gasteiger charge is -2.33. The minimum Gasteiger partial charge on any atom is -0.349 e. The zero-order chi connectivity index (χ0) is 20.8. The van der Waals surface area contributed by atoms with Crippen molar-refractivity contribution in [3.8, 4) is 0 Å². The van der Waals surface area contributed by atoms with Gasteiger partial charge in [0.1, 0.15) is 0 Å². The van der Waals surface area contributed by atoms with Crippen LogP contribution in [0.4, 0.5) is 0 Å². The topological polar surface area (TPSA) is 63.1 Å². The SMILES string of the molecule is O=C(NCCN1CCCC(c2ccccc2)C1)c1cn(Cc2ccc(Cl)cc2)nn1. The number of carbonyl (C=O) groups is 1. The third kappa shape index (κ3) is 5.46. The minimum absolute atomic E-state index is 0.186. The van der Waals surface area contributed by atoms with Crippen molar-refractivity contribution in [1.82, 2.24) is 25.2 Å². The second-order valence-electron chi connectivity index (χ2n) is 7.73. The Morgan fingerprint density at radius 3 is 2.73 bits per heavy atom. The molecule has 3 aromatic rings. The van der Waals surface area contributed by atoms with E-state index in [4.69, 9.17) is 11.6 Å². The quantitative estimate of drug-likeness (QED) is 0.630. The van der Waals surface area contributed by atoms with Crippen LogP contribution >= 0.6 is 11.6 Å². The number of hydrogen-bond acceptors (Lipinski definition) is 4. The molecule has 4 rings (SSSR count). The van der Waals surface area contributed by atoms with Crippen LogP contribution in [0.15, 0.2) is 60.8 Å². The Morgan fingerprint density at radius 1 is 1.13 bits per heavy atom. The highest BCUT2D eigenvalue weighted by Crippen LogP contribution is 2.26. The zero-order valence-electron chi connectivity index (χ0n) is 16.9. The van der Waals surface area contributed by atoms with Gasteiger partial charge < -0.3 is 10.2 Å². The Hall–Kier alpha value is -2.70. The fourth-order valence-electron chi connectivity index (χ4n) is 3.93. The molecule has 1 aromatic heterocycles. The molecule has 0 aliphatic carbocycles. The Kier molecular flexibility index (Phi) is 6.77. The van der Waals surface area contributed by atoms with Crippen LogP contribution in [0.2, 0.25) is 5.02 Å². The van der Waals surface area contributed by atoms with E-state index in [0.29, 0.717) is 29.7 Å². The van der Waals surface area contributed by atoms with E-state index in [9.17, 15) is 4.79 Å². The maximum Gasteiger partial charge on any atom is 0.273 e. The molecule has 1 atom stereocenters. The van der Waals surface area contributed by atoms with E-state index < -0.39 is 0 Å². The summed E-state index contributed by atoms with van der Waals surface area (Å²) in [6.45, 7) is 4.11. The summed E-state index contributed by atoms with van der Waals surface area (Å²) in [7, 11) is 0. The summed E-state index contributed by atoms with van der Waals surface area (Å²) in [5, 5.41) is 11.7. The third-order valence-electron chi connectivity index (χ3n) is 5.52. The second kappa shape index (κ2) is 9.87. The van der Waals surface area contributed by atoms with E-state index in [1.54, 1.807) is 10.9 Å². The molecule has 30 heavy (non-hydrogen) atoms. The van der Waals surface area contributed by atoms with Crippen LogP contribution in [0.25, 0.3) is 0 Å². The molecule has 6 nitrogen and oxygen atoms in total. The van der Waals surface area contributed by atoms with Crippen LogP contribution in [-0.4, -0.2) is 52.0 Å². The standard InChI is InChI=1S/C23H26ClN5O/c24-21-10-8-18(9-11-21)15-29-17-22(26-27-29)23(30)25-12-14-28-13-4-7-20(16-28)19-5-2-1-3-6-19/h1-3,5-6,8-11,17,20H,4,7,12-16H2,(H,25,30). The van der Waals surface area contributed by atoms with E-state index in [0.717, 1.165) is 25.2 Å². The highest BCUT2D eigenvalue weighted by atomic mass is 35.5. The minimum atomic E-state index is -0.186. The van der Waals surface area contributed by atoms with E-state index in [2.05, 4.69) is 50.9 Å². The summed E-state index contributed by atoms with van der Waals surface area (Å²) >= 11 is 5.91. The molecule has 0 radical (unpaired) electrons. The number of rotatable bonds is 7. The van der Waals surface area contributed by atoms with Crippen molar-refractivity contribution in [2.24, 2.45) is 0 Å². The first-order chi connectivity index (χ1) is 14.7. The number of likely N-dealkylation sites (tertiary alicyclic amines) is 1. The number of carbonyl (C=O) groups excluding carboxylic acids is 1. The van der Waals surface area contributed by atoms with E-state index >= 15 is 0 Å². The average molecular weight is 424 g/mol. The predicted molar refractivity (Wildman–Crippen MR) is 118 cm³/mol. The number of piperidine rings is 1. The van der Waals surface area contributed by atoms with Crippen LogP contribution in [0.3, 0.4) is 0 Å². The molecular formula is C23H26ClN5O. The Bertz CT molecular complexity index is 957. The molecule has 2 aromatic carbocycles. The summed E-state index contributed by atoms with van der Waals surface area (Å²) in [5.41, 5.74) is 2.79. The van der Waals surface area contributed by atoms with Gasteiger partial charge in [-0.3, -0.25) is 4.79 Å². The van der Waals surface area contributed by atoms with E-state index in [-0.39, 0.29) is 5.91 Å². The first-order valence-corrected chi connectivity index (χ1v) is 10.8. The number of nitrogens with one attached hydrogen (secondary N) is 1. The summed E-state index contributed by atoms with van der Waals surface area (Å²) in [6, 6.07) is 18.2. The number of aromatic nitrogens is 3. The maximum absolute atomic E-state index is 12.4. The van der Waals surface area contributed by atoms with Crippen LogP contribution in [0.1, 0.15) is 40.4 Å². The van der Waals surface area contributed by atoms with Crippen molar-refractivity contribution in [3.05, 3.63) is 82.6 Å². The third-order valence-corrected chi connectivity index (χ3v) is 5.77. The number of halogens is 1. The Balaban J connectivity index is 1.24. The van der Waals surface area contributed by atoms with E-state index in [1.807, 2.05) is 24.3 Å². The second-order valence-corrected chi connectivity index (χ2v) is 8.17. The lowest BCUT2D eigenvalue weighted by atomic mass is 9.91. The number of nitrogens with zero attached hydrogens (tertiary/aromatic N) is 4. The fourth-order valence-corrected chi connectivity index (χ4v) is 4.06. The first-order valence-electron chi connectivity index (χ1n) is 10.4. The van der Waals surface area contributed by atoms with Crippen molar-refractivity contribution in [3.63, 3.8) is 0 Å². The van der Waals surface area contributed by atoms with Gasteiger partial charge in [0.05, 0.1) is 12.7 Å². The highest BCUT2D eigenvalue weighted by molar-refractivity contribution is 6.30. The number of amides is 1. The molecule has 0 saturated carbocycles. The molecule has 1 N–H and O–H groups in total. The van der Waals surface area contributed by atoms with Crippen molar-refractivity contribution in [2.75, 3.05) is 26.2 Å². The fraction of sp³-hybridized carbons (Fsp3) is 0.348. The number of benzene rings is 2. The van der Waals surface area contributed by atoms with Crippen molar-refractivity contribution in [2.45, 2.75) is 25.3 Å². The summed E-state index contributed by atoms with van der Waals surface area (Å²) in [6.07, 6.45) is 4.09. The lowest BCUT2D eigenvalue weighted by Crippen LogP contribution is -2.40. The van der Waals surface area contributed by atoms with Crippen LogP contribution < -0.4 is 5.32 Å². The maximum atomic E-state index is 12.4. The van der Waals surface area contributed by atoms with Gasteiger partial charge >= 0.3 is 0 Å². The molecule has 2 heterocycles. The van der Waals surface area contributed by atoms with Gasteiger partial charge in [-0.1, -0.05) is 59.3 Å². The largest absolute Gasteiger partial charge is 0.349 e. The molecule has 156 valence electrons. The number of hydrogen-bond donors (Lipinski definition) is 1. The predicted octanol–water partition coefficient (Wildman–Crippen LogP) is 3.59. The molecule has 0 bridgehead atoms. The first kappa shape index (κ1) is 20.6. The van der Waals surface area contributed by atoms with Gasteiger partial charge in [-0.05, 0) is 48.6 Å². The Morgan fingerprint density at radius 2 is 1.93 bits per heavy atom. The van der Waals surface area contributed by atoms with Gasteiger partial charge in [0.25, 0.3) is 5.91 Å². The normalized spacial score (nSPS) is 17.0. The molecular weight excluding hydrogens is 398 g/mol. The molecule has 7 heteroatoms. The molecule has 0 spiro atoms. The zero-order valence-corrected chi connectivity index (χ0v) is 17.6. The van der Waals surface area contributed by atoms with Gasteiger partial charge in [-0.15, -0.1) is 5.10 Å². The lowest BCUT2D eigenvalue weighted by molar-refractivity contribution is 0.0940. The molecule has 1 aliphatic rings. The van der Waals surface area contributed by atoms with E-state index in [1.165, 1.54) is 18.4 Å². The molecule has 1 unspecified atom stereocenters. The summed E-state index contributed by atoms with van der Waals surface area (Å²) in [5.74, 6) is 0.386. The van der Waals surface area contributed by atoms with Gasteiger partial charge in [0.15, 0.2) is 5.69 Å². The molecule has 1 amide bonds. The highest BCUT2D eigenvalue weighted by Gasteiger charge is 2.21. The summed E-state index contributed by atoms with van der Waals surface area (Å²) in [4.78, 5) is 14.8. The van der Waals surface area contributed by atoms with Crippen LogP contribution in [0, 0.1) is 0 Å². The van der Waals surface area contributed by atoms with Gasteiger partial charge in [0.2, 0.25) is 0 Å². The molecule has 1 fully saturated rings. The van der Waals surface area contributed by atoms with Crippen molar-refractivity contribution in [1.29, 1.82) is 0 Å². The van der Waals surface area contributed by atoms with Crippen LogP contribution in [0.5, 0.6) is 0 Å². The smallest absolute Gasteiger partial charge is 0.273 e. The monoisotopic (exact) mass is 423 g/mol. The van der Waals surface area contributed by atoms with Crippen LogP contribution in [-0.2, 0) is 6.54 Å². The van der Waals surface area contributed by atoms with Gasteiger partial charge in [0, 0.05) is 24.7 Å². The van der Waals surface area contributed by atoms with Crippen molar-refractivity contribution < 1.29 is 4.79 Å². The van der Waals surface area contributed by atoms with Crippen molar-refractivity contribution >= 4 is 17.5 Å². The molecule has 1 saturated heterocycles. The van der Waals surface area contributed by atoms with Gasteiger partial charge in [-0.25, -0.2) is 4.68 Å². The molecule has 1 aliphatic heterocycles. The Labute approximate surface area is 181 Å². The summed E-state index contributed by atoms with van der Waals surface area (Å²) < 4.78 is 1.66.